The van der Waals surface area contributed by atoms with Crippen molar-refractivity contribution in [1.82, 2.24) is 9.55 Å². The number of allylic oxidation sites excluding steroid dienone is 1. The zero-order valence-electron chi connectivity index (χ0n) is 7.44. The van der Waals surface area contributed by atoms with Crippen LogP contribution in [0.3, 0.4) is 0 Å². The highest BCUT2D eigenvalue weighted by atomic mass is 35.7. The molecule has 1 heterocycles. The molecular weight excluding hydrogens is 244 g/mol. The lowest BCUT2D eigenvalue weighted by molar-refractivity contribution is 0.604. The number of nitrogens with zero attached hydrogens (tertiary/aromatic N) is 1. The van der Waals surface area contributed by atoms with Crippen LogP contribution >= 0.6 is 10.7 Å². The summed E-state index contributed by atoms with van der Waals surface area (Å²) in [6.07, 6.45) is 2.26. The van der Waals surface area contributed by atoms with E-state index in [4.69, 9.17) is 10.7 Å². The summed E-state index contributed by atoms with van der Waals surface area (Å²) in [5.41, 5.74) is -1.75. The van der Waals surface area contributed by atoms with Crippen molar-refractivity contribution in [2.75, 3.05) is 0 Å². The van der Waals surface area contributed by atoms with E-state index >= 15 is 0 Å². The molecule has 0 aliphatic heterocycles. The Balaban J connectivity index is 3.57. The van der Waals surface area contributed by atoms with Crippen molar-refractivity contribution < 1.29 is 8.42 Å². The van der Waals surface area contributed by atoms with Crippen molar-refractivity contribution in [2.45, 2.75) is 11.4 Å². The molecule has 1 aromatic heterocycles. The van der Waals surface area contributed by atoms with E-state index in [1.807, 2.05) is 4.98 Å². The predicted octanol–water partition coefficient (Wildman–Crippen LogP) is -0.350. The highest BCUT2D eigenvalue weighted by Gasteiger charge is 2.16. The maximum Gasteiger partial charge on any atom is 0.328 e. The topological polar surface area (TPSA) is 89.0 Å². The number of hydrogen-bond donors (Lipinski definition) is 1. The number of H-pyrrole nitrogens is 1. The van der Waals surface area contributed by atoms with E-state index in [1.54, 1.807) is 0 Å². The number of halogens is 1. The molecule has 0 saturated heterocycles. The Bertz CT molecular complexity index is 598. The Hall–Kier alpha value is -1.34. The van der Waals surface area contributed by atoms with Gasteiger partial charge in [0, 0.05) is 23.4 Å². The first-order valence-electron chi connectivity index (χ1n) is 3.75. The van der Waals surface area contributed by atoms with Gasteiger partial charge in [-0.3, -0.25) is 14.3 Å². The van der Waals surface area contributed by atoms with Crippen molar-refractivity contribution in [2.24, 2.45) is 0 Å². The standard InChI is InChI=1S/C7H7ClN2O4S/c1-2-3-10-4-5(15(8,13)14)6(11)9-7(10)12/h2,4H,1,3H2,(H,9,11,12). The summed E-state index contributed by atoms with van der Waals surface area (Å²) in [5.74, 6) is 0. The van der Waals surface area contributed by atoms with Gasteiger partial charge in [0.15, 0.2) is 4.90 Å². The van der Waals surface area contributed by atoms with Crippen LogP contribution in [0.1, 0.15) is 0 Å². The molecule has 0 aliphatic carbocycles. The fourth-order valence-corrected chi connectivity index (χ4v) is 1.79. The summed E-state index contributed by atoms with van der Waals surface area (Å²) >= 11 is 0. The van der Waals surface area contributed by atoms with E-state index in [2.05, 4.69) is 6.58 Å². The molecule has 8 heteroatoms. The van der Waals surface area contributed by atoms with Gasteiger partial charge in [-0.1, -0.05) is 6.08 Å². The molecule has 0 amide bonds. The van der Waals surface area contributed by atoms with Gasteiger partial charge in [0.05, 0.1) is 0 Å². The van der Waals surface area contributed by atoms with Crippen molar-refractivity contribution >= 4 is 19.7 Å². The fraction of sp³-hybridized carbons (Fsp3) is 0.143. The summed E-state index contributed by atoms with van der Waals surface area (Å²) in [7, 11) is 0.843. The minimum Gasteiger partial charge on any atom is -0.295 e. The molecule has 0 aromatic carbocycles. The van der Waals surface area contributed by atoms with Gasteiger partial charge in [0.1, 0.15) is 0 Å². The Morgan fingerprint density at radius 3 is 2.60 bits per heavy atom. The lowest BCUT2D eigenvalue weighted by Crippen LogP contribution is -2.31. The maximum atomic E-state index is 11.1. The predicted molar refractivity (Wildman–Crippen MR) is 54.6 cm³/mol. The van der Waals surface area contributed by atoms with Crippen LogP contribution in [0.15, 0.2) is 33.3 Å². The fourth-order valence-electron chi connectivity index (χ4n) is 0.938. The Labute approximate surface area is 89.2 Å². The van der Waals surface area contributed by atoms with Crippen molar-refractivity contribution in [3.05, 3.63) is 39.7 Å². The van der Waals surface area contributed by atoms with Gasteiger partial charge < -0.3 is 0 Å². The van der Waals surface area contributed by atoms with Crippen LogP contribution in [0.4, 0.5) is 0 Å². The second-order valence-electron chi connectivity index (χ2n) is 2.63. The van der Waals surface area contributed by atoms with Gasteiger partial charge in [-0.15, -0.1) is 6.58 Å². The molecule has 1 rings (SSSR count). The molecular formula is C7H7ClN2O4S. The molecule has 0 spiro atoms. The Morgan fingerprint density at radius 2 is 2.13 bits per heavy atom. The van der Waals surface area contributed by atoms with Crippen LogP contribution in [0.5, 0.6) is 0 Å². The highest BCUT2D eigenvalue weighted by Crippen LogP contribution is 2.07. The summed E-state index contributed by atoms with van der Waals surface area (Å²) in [4.78, 5) is 23.4. The zero-order valence-corrected chi connectivity index (χ0v) is 9.01. The van der Waals surface area contributed by atoms with Gasteiger partial charge >= 0.3 is 5.69 Å². The SMILES string of the molecule is C=CCn1cc(S(=O)(=O)Cl)c(=O)[nH]c1=O. The molecule has 0 unspecified atom stereocenters. The quantitative estimate of drug-likeness (QED) is 0.587. The minimum atomic E-state index is -4.16. The van der Waals surface area contributed by atoms with E-state index in [0.717, 1.165) is 10.8 Å². The van der Waals surface area contributed by atoms with Gasteiger partial charge in [0.25, 0.3) is 14.6 Å². The Morgan fingerprint density at radius 1 is 1.53 bits per heavy atom. The number of aromatic amines is 1. The number of nitrogens with one attached hydrogen (secondary N) is 1. The van der Waals surface area contributed by atoms with Crippen LogP contribution in [0, 0.1) is 0 Å². The molecule has 0 radical (unpaired) electrons. The summed E-state index contributed by atoms with van der Waals surface area (Å²) in [6, 6.07) is 0. The van der Waals surface area contributed by atoms with Gasteiger partial charge in [-0.25, -0.2) is 13.2 Å². The van der Waals surface area contributed by atoms with E-state index in [9.17, 15) is 18.0 Å². The largest absolute Gasteiger partial charge is 0.328 e. The number of hydrogen-bond acceptors (Lipinski definition) is 4. The van der Waals surface area contributed by atoms with Gasteiger partial charge in [0.2, 0.25) is 0 Å². The molecule has 15 heavy (non-hydrogen) atoms. The highest BCUT2D eigenvalue weighted by molar-refractivity contribution is 8.13. The summed E-state index contributed by atoms with van der Waals surface area (Å²) in [6.45, 7) is 3.46. The third-order valence-corrected chi connectivity index (χ3v) is 2.88. The van der Waals surface area contributed by atoms with E-state index in [0.29, 0.717) is 0 Å². The molecule has 0 saturated carbocycles. The lowest BCUT2D eigenvalue weighted by atomic mass is 10.5. The molecule has 6 nitrogen and oxygen atoms in total. The second kappa shape index (κ2) is 4.03. The molecule has 0 fully saturated rings. The average Bonchev–Trinajstić information content (AvgIpc) is 2.07. The normalized spacial score (nSPS) is 11.3. The summed E-state index contributed by atoms with van der Waals surface area (Å²) in [5, 5.41) is 0. The third-order valence-electron chi connectivity index (χ3n) is 1.57. The molecule has 82 valence electrons. The number of aromatic nitrogens is 2. The van der Waals surface area contributed by atoms with Crippen molar-refractivity contribution in [1.29, 1.82) is 0 Å². The first kappa shape index (κ1) is 11.7. The van der Waals surface area contributed by atoms with Crippen LogP contribution < -0.4 is 11.2 Å². The van der Waals surface area contributed by atoms with Crippen molar-refractivity contribution in [3.8, 4) is 0 Å². The first-order chi connectivity index (χ1) is 6.86. The molecule has 0 atom stereocenters. The average molecular weight is 251 g/mol. The van der Waals surface area contributed by atoms with Crippen LogP contribution in [-0.2, 0) is 15.6 Å². The van der Waals surface area contributed by atoms with E-state index in [-0.39, 0.29) is 6.54 Å². The van der Waals surface area contributed by atoms with Gasteiger partial charge in [-0.05, 0) is 0 Å². The van der Waals surface area contributed by atoms with Crippen LogP contribution in [-0.4, -0.2) is 18.0 Å². The van der Waals surface area contributed by atoms with Crippen LogP contribution in [0.2, 0.25) is 0 Å². The summed E-state index contributed by atoms with van der Waals surface area (Å²) < 4.78 is 22.8. The molecule has 0 aliphatic rings. The number of rotatable bonds is 3. The van der Waals surface area contributed by atoms with E-state index in [1.165, 1.54) is 6.08 Å². The van der Waals surface area contributed by atoms with Crippen molar-refractivity contribution in [3.63, 3.8) is 0 Å². The second-order valence-corrected chi connectivity index (χ2v) is 5.17. The third kappa shape index (κ3) is 2.57. The molecule has 0 bridgehead atoms. The molecule has 1 aromatic rings. The maximum absolute atomic E-state index is 11.1. The lowest BCUT2D eigenvalue weighted by Gasteiger charge is -2.01. The minimum absolute atomic E-state index is 0.0784. The van der Waals surface area contributed by atoms with E-state index < -0.39 is 25.2 Å². The molecule has 1 N–H and O–H groups in total. The first-order valence-corrected chi connectivity index (χ1v) is 6.06. The zero-order chi connectivity index (χ0) is 11.6. The smallest absolute Gasteiger partial charge is 0.295 e. The van der Waals surface area contributed by atoms with Crippen LogP contribution in [0.25, 0.3) is 0 Å². The van der Waals surface area contributed by atoms with Gasteiger partial charge in [-0.2, -0.15) is 0 Å². The Kier molecular flexibility index (Phi) is 3.15. The monoisotopic (exact) mass is 250 g/mol.